The summed E-state index contributed by atoms with van der Waals surface area (Å²) in [6, 6.07) is 0. The highest BCUT2D eigenvalue weighted by Crippen LogP contribution is 2.10. The summed E-state index contributed by atoms with van der Waals surface area (Å²) in [6.07, 6.45) is 3.27. The van der Waals surface area contributed by atoms with Crippen LogP contribution in [0.15, 0.2) is 12.4 Å². The van der Waals surface area contributed by atoms with Gasteiger partial charge >= 0.3 is 0 Å². The molecule has 1 amide bonds. The maximum absolute atomic E-state index is 11.6. The molecule has 0 saturated carbocycles. The van der Waals surface area contributed by atoms with Gasteiger partial charge < -0.3 is 5.32 Å². The molecule has 0 spiro atoms. The van der Waals surface area contributed by atoms with E-state index in [4.69, 9.17) is 0 Å². The van der Waals surface area contributed by atoms with Crippen LogP contribution in [-0.4, -0.2) is 27.1 Å². The minimum Gasteiger partial charge on any atom is -0.351 e. The Morgan fingerprint density at radius 1 is 1.67 bits per heavy atom. The number of amides is 1. The van der Waals surface area contributed by atoms with Gasteiger partial charge in [-0.05, 0) is 5.92 Å². The predicted molar refractivity (Wildman–Crippen MR) is 63.1 cm³/mol. The fourth-order valence-electron chi connectivity index (χ4n) is 1.07. The van der Waals surface area contributed by atoms with Gasteiger partial charge in [0.15, 0.2) is 0 Å². The normalized spacial score (nSPS) is 12.9. The number of nitrogens with one attached hydrogen (secondary N) is 1. The fraction of sp³-hybridized carbons (Fsp3) is 0.600. The molecule has 1 aromatic heterocycles. The molecule has 0 bridgehead atoms. The topological polar surface area (TPSA) is 46.9 Å². The van der Waals surface area contributed by atoms with Crippen molar-refractivity contribution in [3.8, 4) is 0 Å². The number of halogens is 1. The van der Waals surface area contributed by atoms with Crippen molar-refractivity contribution in [2.45, 2.75) is 18.7 Å². The number of aryl methyl sites for hydroxylation is 1. The molecule has 0 aromatic carbocycles. The first-order chi connectivity index (χ1) is 7.00. The zero-order valence-electron chi connectivity index (χ0n) is 9.20. The monoisotopic (exact) mass is 273 g/mol. The van der Waals surface area contributed by atoms with E-state index in [9.17, 15) is 4.79 Å². The minimum atomic E-state index is -0.0757. The van der Waals surface area contributed by atoms with E-state index in [1.54, 1.807) is 24.1 Å². The van der Waals surface area contributed by atoms with Gasteiger partial charge in [-0.25, -0.2) is 0 Å². The zero-order valence-corrected chi connectivity index (χ0v) is 10.8. The highest BCUT2D eigenvalue weighted by atomic mass is 79.9. The molecule has 1 aromatic rings. The number of nitrogens with zero attached hydrogens (tertiary/aromatic N) is 2. The van der Waals surface area contributed by atoms with Gasteiger partial charge in [0.1, 0.15) is 0 Å². The second-order valence-corrected chi connectivity index (χ2v) is 5.05. The lowest BCUT2D eigenvalue weighted by Crippen LogP contribution is -2.31. The summed E-state index contributed by atoms with van der Waals surface area (Å²) in [7, 11) is 1.79. The number of hydrogen-bond donors (Lipinski definition) is 1. The lowest BCUT2D eigenvalue weighted by molar-refractivity contribution is 0.0953. The van der Waals surface area contributed by atoms with Crippen molar-refractivity contribution < 1.29 is 4.79 Å². The second kappa shape index (κ2) is 5.30. The maximum Gasteiger partial charge on any atom is 0.254 e. The first-order valence-corrected chi connectivity index (χ1v) is 5.83. The number of alkyl halides is 1. The van der Waals surface area contributed by atoms with Crippen LogP contribution in [-0.2, 0) is 7.05 Å². The van der Waals surface area contributed by atoms with Crippen molar-refractivity contribution in [3.05, 3.63) is 18.0 Å². The summed E-state index contributed by atoms with van der Waals surface area (Å²) in [5, 5.41) is 6.80. The van der Waals surface area contributed by atoms with Gasteiger partial charge in [0.25, 0.3) is 5.91 Å². The number of carbonyl (C=O) groups excluding carboxylic acids is 1. The van der Waals surface area contributed by atoms with Crippen molar-refractivity contribution in [2.24, 2.45) is 13.0 Å². The quantitative estimate of drug-likeness (QED) is 0.847. The highest BCUT2D eigenvalue weighted by molar-refractivity contribution is 9.09. The molecule has 4 nitrogen and oxygen atoms in total. The van der Waals surface area contributed by atoms with Crippen LogP contribution in [0.5, 0.6) is 0 Å². The third kappa shape index (κ3) is 3.66. The average molecular weight is 274 g/mol. The Morgan fingerprint density at radius 2 is 2.33 bits per heavy atom. The standard InChI is InChI=1S/C10H16BrN3O/c1-7(2)9(11)5-12-10(15)8-4-13-14(3)6-8/h4,6-7,9H,5H2,1-3H3,(H,12,15). The molecule has 0 radical (unpaired) electrons. The van der Waals surface area contributed by atoms with Crippen molar-refractivity contribution in [1.29, 1.82) is 0 Å². The van der Waals surface area contributed by atoms with E-state index < -0.39 is 0 Å². The number of carbonyl (C=O) groups is 1. The summed E-state index contributed by atoms with van der Waals surface area (Å²) in [5.41, 5.74) is 0.598. The largest absolute Gasteiger partial charge is 0.351 e. The molecular formula is C10H16BrN3O. The fourth-order valence-corrected chi connectivity index (χ4v) is 1.23. The van der Waals surface area contributed by atoms with Gasteiger partial charge in [-0.1, -0.05) is 29.8 Å². The van der Waals surface area contributed by atoms with Crippen LogP contribution in [0.2, 0.25) is 0 Å². The van der Waals surface area contributed by atoms with Crippen molar-refractivity contribution in [3.63, 3.8) is 0 Å². The van der Waals surface area contributed by atoms with Crippen LogP contribution in [0.1, 0.15) is 24.2 Å². The van der Waals surface area contributed by atoms with E-state index >= 15 is 0 Å². The highest BCUT2D eigenvalue weighted by Gasteiger charge is 2.12. The molecule has 1 unspecified atom stereocenters. The molecule has 0 aliphatic carbocycles. The molecule has 1 N–H and O–H groups in total. The van der Waals surface area contributed by atoms with Gasteiger partial charge in [-0.3, -0.25) is 9.48 Å². The molecular weight excluding hydrogens is 258 g/mol. The molecule has 0 aliphatic rings. The van der Waals surface area contributed by atoms with Gasteiger partial charge in [0.2, 0.25) is 0 Å². The van der Waals surface area contributed by atoms with E-state index in [-0.39, 0.29) is 5.91 Å². The van der Waals surface area contributed by atoms with Gasteiger partial charge in [-0.2, -0.15) is 5.10 Å². The SMILES string of the molecule is CC(C)C(Br)CNC(=O)c1cnn(C)c1. The third-order valence-electron chi connectivity index (χ3n) is 2.15. The Balaban J connectivity index is 2.43. The molecule has 1 rings (SSSR count). The molecule has 1 heterocycles. The van der Waals surface area contributed by atoms with Crippen LogP contribution in [0.4, 0.5) is 0 Å². The lowest BCUT2D eigenvalue weighted by Gasteiger charge is -2.13. The van der Waals surface area contributed by atoms with E-state index in [1.807, 2.05) is 0 Å². The lowest BCUT2D eigenvalue weighted by atomic mass is 10.1. The second-order valence-electron chi connectivity index (χ2n) is 3.87. The number of rotatable bonds is 4. The van der Waals surface area contributed by atoms with E-state index in [2.05, 4.69) is 40.2 Å². The van der Waals surface area contributed by atoms with Crippen molar-refractivity contribution >= 4 is 21.8 Å². The van der Waals surface area contributed by atoms with Gasteiger partial charge in [0.05, 0.1) is 11.8 Å². The summed E-state index contributed by atoms with van der Waals surface area (Å²) in [4.78, 5) is 11.9. The van der Waals surface area contributed by atoms with E-state index in [0.717, 1.165) is 0 Å². The van der Waals surface area contributed by atoms with Crippen LogP contribution < -0.4 is 5.32 Å². The molecule has 0 saturated heterocycles. The zero-order chi connectivity index (χ0) is 11.4. The molecule has 5 heteroatoms. The summed E-state index contributed by atoms with van der Waals surface area (Å²) in [5.74, 6) is 0.424. The van der Waals surface area contributed by atoms with Gasteiger partial charge in [0, 0.05) is 24.6 Å². The smallest absolute Gasteiger partial charge is 0.254 e. The minimum absolute atomic E-state index is 0.0757. The Labute approximate surface area is 98.2 Å². The Morgan fingerprint density at radius 3 is 2.80 bits per heavy atom. The maximum atomic E-state index is 11.6. The first-order valence-electron chi connectivity index (χ1n) is 4.91. The summed E-state index contributed by atoms with van der Waals surface area (Å²) in [6.45, 7) is 4.84. The van der Waals surface area contributed by atoms with Crippen LogP contribution in [0, 0.1) is 5.92 Å². The Hall–Kier alpha value is -0.840. The first kappa shape index (κ1) is 12.2. The predicted octanol–water partition coefficient (Wildman–Crippen LogP) is 1.57. The average Bonchev–Trinajstić information content (AvgIpc) is 2.60. The summed E-state index contributed by atoms with van der Waals surface area (Å²) < 4.78 is 1.61. The Bertz CT molecular complexity index is 335. The molecule has 0 aliphatic heterocycles. The molecule has 0 fully saturated rings. The van der Waals surface area contributed by atoms with Crippen molar-refractivity contribution in [2.75, 3.05) is 6.54 Å². The molecule has 84 valence electrons. The van der Waals surface area contributed by atoms with E-state index in [0.29, 0.717) is 22.9 Å². The number of aromatic nitrogens is 2. The van der Waals surface area contributed by atoms with Crippen LogP contribution in [0.3, 0.4) is 0 Å². The molecule has 15 heavy (non-hydrogen) atoms. The Kier molecular flexibility index (Phi) is 4.32. The van der Waals surface area contributed by atoms with E-state index in [1.165, 1.54) is 0 Å². The third-order valence-corrected chi connectivity index (χ3v) is 3.53. The molecule has 1 atom stereocenters. The number of hydrogen-bond acceptors (Lipinski definition) is 2. The van der Waals surface area contributed by atoms with Crippen molar-refractivity contribution in [1.82, 2.24) is 15.1 Å². The van der Waals surface area contributed by atoms with Crippen LogP contribution in [0.25, 0.3) is 0 Å². The van der Waals surface area contributed by atoms with Crippen LogP contribution >= 0.6 is 15.9 Å². The summed E-state index contributed by atoms with van der Waals surface area (Å²) >= 11 is 3.51. The van der Waals surface area contributed by atoms with Gasteiger partial charge in [-0.15, -0.1) is 0 Å².